The summed E-state index contributed by atoms with van der Waals surface area (Å²) in [5, 5.41) is 0. The lowest BCUT2D eigenvalue weighted by Gasteiger charge is -2.21. The Morgan fingerprint density at radius 1 is 1.32 bits per heavy atom. The first-order valence-corrected chi connectivity index (χ1v) is 7.19. The van der Waals surface area contributed by atoms with Gasteiger partial charge in [-0.2, -0.15) is 0 Å². The fourth-order valence-corrected chi connectivity index (χ4v) is 2.62. The molecule has 0 N–H and O–H groups in total. The third-order valence-corrected chi connectivity index (χ3v) is 3.64. The van der Waals surface area contributed by atoms with Gasteiger partial charge in [-0.3, -0.25) is 4.79 Å². The lowest BCUT2D eigenvalue weighted by atomic mass is 9.83. The van der Waals surface area contributed by atoms with E-state index in [1.54, 1.807) is 6.07 Å². The molecule has 0 aromatic heterocycles. The maximum absolute atomic E-state index is 13.4. The van der Waals surface area contributed by atoms with E-state index >= 15 is 0 Å². The molecule has 0 bridgehead atoms. The minimum Gasteiger partial charge on any atom is -0.493 e. The summed E-state index contributed by atoms with van der Waals surface area (Å²) in [5.74, 6) is 0.242. The largest absolute Gasteiger partial charge is 0.493 e. The van der Waals surface area contributed by atoms with Crippen LogP contribution < -0.4 is 4.74 Å². The second-order valence-electron chi connectivity index (χ2n) is 5.19. The Morgan fingerprint density at radius 2 is 2.05 bits per heavy atom. The van der Waals surface area contributed by atoms with Crippen molar-refractivity contribution < 1.29 is 13.9 Å². The number of carbonyl (C=O) groups excluding carboxylic acids is 1. The van der Waals surface area contributed by atoms with Crippen LogP contribution in [0.3, 0.4) is 0 Å². The zero-order chi connectivity index (χ0) is 13.7. The van der Waals surface area contributed by atoms with E-state index in [0.717, 1.165) is 32.1 Å². The quantitative estimate of drug-likeness (QED) is 0.738. The number of hydrogen-bond donors (Lipinski definition) is 0. The second-order valence-corrected chi connectivity index (χ2v) is 5.19. The number of benzene rings is 1. The highest BCUT2D eigenvalue weighted by Gasteiger charge is 2.25. The van der Waals surface area contributed by atoms with E-state index in [0.29, 0.717) is 17.9 Å². The Morgan fingerprint density at radius 3 is 2.74 bits per heavy atom. The first-order chi connectivity index (χ1) is 9.22. The highest BCUT2D eigenvalue weighted by molar-refractivity contribution is 6.00. The van der Waals surface area contributed by atoms with E-state index in [9.17, 15) is 9.18 Å². The average molecular weight is 264 g/mol. The molecule has 0 unspecified atom stereocenters. The van der Waals surface area contributed by atoms with Crippen molar-refractivity contribution in [3.63, 3.8) is 0 Å². The fraction of sp³-hybridized carbons (Fsp3) is 0.562. The number of ether oxygens (including phenoxy) is 1. The minimum absolute atomic E-state index is 0.0412. The molecule has 2 nitrogen and oxygen atoms in total. The number of rotatable bonds is 5. The fourth-order valence-electron chi connectivity index (χ4n) is 2.62. The Hall–Kier alpha value is -1.38. The SMILES string of the molecule is CCCOc1ccc(F)cc1C(=O)C1CCCCC1. The third kappa shape index (κ3) is 3.55. The highest BCUT2D eigenvalue weighted by Crippen LogP contribution is 2.30. The molecular weight excluding hydrogens is 243 g/mol. The molecule has 0 aliphatic heterocycles. The van der Waals surface area contributed by atoms with Crippen molar-refractivity contribution in [1.82, 2.24) is 0 Å². The van der Waals surface area contributed by atoms with Gasteiger partial charge in [0.2, 0.25) is 0 Å². The van der Waals surface area contributed by atoms with Crippen molar-refractivity contribution in [2.75, 3.05) is 6.61 Å². The molecule has 1 fully saturated rings. The van der Waals surface area contributed by atoms with E-state index < -0.39 is 0 Å². The predicted molar refractivity (Wildman–Crippen MR) is 73.1 cm³/mol. The van der Waals surface area contributed by atoms with Crippen LogP contribution >= 0.6 is 0 Å². The molecule has 1 aromatic rings. The predicted octanol–water partition coefficient (Wildman–Crippen LogP) is 4.38. The summed E-state index contributed by atoms with van der Waals surface area (Å²) in [6, 6.07) is 4.24. The second kappa shape index (κ2) is 6.69. The van der Waals surface area contributed by atoms with Gasteiger partial charge in [0.05, 0.1) is 12.2 Å². The zero-order valence-electron chi connectivity index (χ0n) is 11.5. The molecule has 3 heteroatoms. The first-order valence-electron chi connectivity index (χ1n) is 7.19. The van der Waals surface area contributed by atoms with Crippen LogP contribution in [0.1, 0.15) is 55.8 Å². The Balaban J connectivity index is 2.20. The van der Waals surface area contributed by atoms with Crippen molar-refractivity contribution in [2.45, 2.75) is 45.4 Å². The van der Waals surface area contributed by atoms with Crippen LogP contribution in [0.2, 0.25) is 0 Å². The topological polar surface area (TPSA) is 26.3 Å². The van der Waals surface area contributed by atoms with Gasteiger partial charge in [-0.1, -0.05) is 26.2 Å². The van der Waals surface area contributed by atoms with Crippen LogP contribution in [0.5, 0.6) is 5.75 Å². The lowest BCUT2D eigenvalue weighted by Crippen LogP contribution is -2.19. The summed E-state index contributed by atoms with van der Waals surface area (Å²) in [6.07, 6.45) is 6.10. The molecule has 1 aliphatic carbocycles. The lowest BCUT2D eigenvalue weighted by molar-refractivity contribution is 0.0885. The summed E-state index contributed by atoms with van der Waals surface area (Å²) < 4.78 is 19.0. The molecule has 1 aliphatic rings. The van der Waals surface area contributed by atoms with Crippen molar-refractivity contribution >= 4 is 5.78 Å². The van der Waals surface area contributed by atoms with Gasteiger partial charge < -0.3 is 4.74 Å². The maximum Gasteiger partial charge on any atom is 0.169 e. The van der Waals surface area contributed by atoms with E-state index in [1.807, 2.05) is 6.92 Å². The maximum atomic E-state index is 13.4. The van der Waals surface area contributed by atoms with Gasteiger partial charge in [-0.15, -0.1) is 0 Å². The van der Waals surface area contributed by atoms with Crippen LogP contribution in [-0.2, 0) is 0 Å². The number of halogens is 1. The number of carbonyl (C=O) groups is 1. The van der Waals surface area contributed by atoms with Gasteiger partial charge in [0.15, 0.2) is 5.78 Å². The normalized spacial score (nSPS) is 16.3. The van der Waals surface area contributed by atoms with Crippen molar-refractivity contribution in [3.8, 4) is 5.75 Å². The molecule has 0 atom stereocenters. The van der Waals surface area contributed by atoms with E-state index in [4.69, 9.17) is 4.74 Å². The Kier molecular flexibility index (Phi) is 4.94. The molecule has 19 heavy (non-hydrogen) atoms. The van der Waals surface area contributed by atoms with Gasteiger partial charge >= 0.3 is 0 Å². The number of hydrogen-bond acceptors (Lipinski definition) is 2. The molecule has 0 spiro atoms. The minimum atomic E-state index is -0.372. The van der Waals surface area contributed by atoms with E-state index in [-0.39, 0.29) is 17.5 Å². The smallest absolute Gasteiger partial charge is 0.169 e. The summed E-state index contributed by atoms with van der Waals surface area (Å²) in [6.45, 7) is 2.56. The summed E-state index contributed by atoms with van der Waals surface area (Å²) in [5.41, 5.74) is 0.417. The van der Waals surface area contributed by atoms with Gasteiger partial charge in [0, 0.05) is 5.92 Å². The molecule has 1 saturated carbocycles. The molecule has 0 radical (unpaired) electrons. The van der Waals surface area contributed by atoms with E-state index in [2.05, 4.69) is 0 Å². The molecule has 0 heterocycles. The van der Waals surface area contributed by atoms with Crippen LogP contribution in [-0.4, -0.2) is 12.4 Å². The van der Waals surface area contributed by atoms with E-state index in [1.165, 1.54) is 18.6 Å². The van der Waals surface area contributed by atoms with Crippen molar-refractivity contribution in [1.29, 1.82) is 0 Å². The summed E-state index contributed by atoms with van der Waals surface area (Å²) >= 11 is 0. The number of Topliss-reactive ketones (excluding diaryl/α,β-unsaturated/α-hetero) is 1. The highest BCUT2D eigenvalue weighted by atomic mass is 19.1. The Bertz CT molecular complexity index is 436. The van der Waals surface area contributed by atoms with Gasteiger partial charge in [-0.05, 0) is 37.5 Å². The zero-order valence-corrected chi connectivity index (χ0v) is 11.5. The molecular formula is C16H21FO2. The molecule has 0 saturated heterocycles. The molecule has 104 valence electrons. The number of ketones is 1. The Labute approximate surface area is 114 Å². The van der Waals surface area contributed by atoms with Crippen molar-refractivity contribution in [3.05, 3.63) is 29.6 Å². The average Bonchev–Trinajstić information content (AvgIpc) is 2.46. The standard InChI is InChI=1S/C16H21FO2/c1-2-10-19-15-9-8-13(17)11-14(15)16(18)12-6-4-3-5-7-12/h8-9,11-12H,2-7,10H2,1H3. The van der Waals surface area contributed by atoms with Crippen molar-refractivity contribution in [2.24, 2.45) is 5.92 Å². The van der Waals surface area contributed by atoms with Crippen LogP contribution in [0.25, 0.3) is 0 Å². The monoisotopic (exact) mass is 264 g/mol. The third-order valence-electron chi connectivity index (χ3n) is 3.64. The van der Waals surface area contributed by atoms with Gasteiger partial charge in [-0.25, -0.2) is 4.39 Å². The summed E-state index contributed by atoms with van der Waals surface area (Å²) in [7, 11) is 0. The van der Waals surface area contributed by atoms with Gasteiger partial charge in [0.25, 0.3) is 0 Å². The first kappa shape index (κ1) is 14.0. The van der Waals surface area contributed by atoms with Crippen LogP contribution in [0.15, 0.2) is 18.2 Å². The molecule has 2 rings (SSSR count). The van der Waals surface area contributed by atoms with Crippen LogP contribution in [0, 0.1) is 11.7 Å². The van der Waals surface area contributed by atoms with Gasteiger partial charge in [0.1, 0.15) is 11.6 Å². The molecule has 1 aromatic carbocycles. The van der Waals surface area contributed by atoms with Crippen LogP contribution in [0.4, 0.5) is 4.39 Å². The summed E-state index contributed by atoms with van der Waals surface area (Å²) in [4.78, 5) is 12.5. The molecule has 0 amide bonds.